The molecule has 1 aromatic rings. The van der Waals surface area contributed by atoms with Crippen molar-refractivity contribution in [3.05, 3.63) is 29.6 Å². The number of hydrogen-bond acceptors (Lipinski definition) is 3. The summed E-state index contributed by atoms with van der Waals surface area (Å²) in [4.78, 5) is 2.31. The van der Waals surface area contributed by atoms with Crippen LogP contribution in [0.3, 0.4) is 0 Å². The molecule has 2 rings (SSSR count). The first-order chi connectivity index (χ1) is 9.29. The Bertz CT molecular complexity index is 390. The predicted molar refractivity (Wildman–Crippen MR) is 82.6 cm³/mol. The molecule has 0 saturated carbocycles. The summed E-state index contributed by atoms with van der Waals surface area (Å²) in [7, 11) is 0. The highest BCUT2D eigenvalue weighted by molar-refractivity contribution is 7.99. The average Bonchev–Trinajstić information content (AvgIpc) is 2.67. The first-order valence-corrected chi connectivity index (χ1v) is 8.28. The third-order valence-electron chi connectivity index (χ3n) is 3.29. The van der Waals surface area contributed by atoms with E-state index in [1.807, 2.05) is 11.8 Å². The lowest BCUT2D eigenvalue weighted by Crippen LogP contribution is -2.26. The normalized spacial score (nSPS) is 16.4. The predicted octanol–water partition coefficient (Wildman–Crippen LogP) is 3.27. The molecule has 1 saturated heterocycles. The van der Waals surface area contributed by atoms with Gasteiger partial charge in [-0.3, -0.25) is 0 Å². The Balaban J connectivity index is 2.06. The molecule has 1 N–H and O–H groups in total. The summed E-state index contributed by atoms with van der Waals surface area (Å²) in [5, 5.41) is 3.33. The van der Waals surface area contributed by atoms with Crippen molar-refractivity contribution in [3.8, 4) is 0 Å². The molecule has 0 radical (unpaired) electrons. The van der Waals surface area contributed by atoms with Gasteiger partial charge in [-0.1, -0.05) is 6.92 Å². The van der Waals surface area contributed by atoms with Crippen LogP contribution in [0.25, 0.3) is 0 Å². The van der Waals surface area contributed by atoms with Gasteiger partial charge in [-0.05, 0) is 48.9 Å². The molecule has 0 atom stereocenters. The fourth-order valence-corrected chi connectivity index (χ4v) is 3.22. The van der Waals surface area contributed by atoms with Gasteiger partial charge in [0.2, 0.25) is 0 Å². The minimum absolute atomic E-state index is 0.123. The molecule has 1 aromatic carbocycles. The number of nitrogens with one attached hydrogen (secondary N) is 1. The van der Waals surface area contributed by atoms with Gasteiger partial charge in [-0.15, -0.1) is 0 Å². The fourth-order valence-electron chi connectivity index (χ4n) is 2.33. The fraction of sp³-hybridized carbons (Fsp3) is 0.600. The van der Waals surface area contributed by atoms with E-state index in [0.717, 1.165) is 49.6 Å². The highest BCUT2D eigenvalue weighted by Gasteiger charge is 2.11. The second-order valence-electron chi connectivity index (χ2n) is 4.95. The van der Waals surface area contributed by atoms with Crippen molar-refractivity contribution >= 4 is 17.4 Å². The van der Waals surface area contributed by atoms with E-state index in [0.29, 0.717) is 0 Å². The van der Waals surface area contributed by atoms with Crippen molar-refractivity contribution in [3.63, 3.8) is 0 Å². The lowest BCUT2D eigenvalue weighted by molar-refractivity contribution is 0.618. The summed E-state index contributed by atoms with van der Waals surface area (Å²) in [5.41, 5.74) is 2.08. The van der Waals surface area contributed by atoms with Crippen molar-refractivity contribution in [1.29, 1.82) is 0 Å². The van der Waals surface area contributed by atoms with E-state index in [1.54, 1.807) is 12.1 Å². The van der Waals surface area contributed by atoms with E-state index in [4.69, 9.17) is 0 Å². The molecule has 0 aromatic heterocycles. The topological polar surface area (TPSA) is 15.3 Å². The maximum atomic E-state index is 13.7. The first-order valence-electron chi connectivity index (χ1n) is 7.12. The molecule has 0 aliphatic carbocycles. The quantitative estimate of drug-likeness (QED) is 0.835. The second-order valence-corrected chi connectivity index (χ2v) is 6.17. The van der Waals surface area contributed by atoms with Crippen molar-refractivity contribution < 1.29 is 4.39 Å². The molecule has 4 heteroatoms. The maximum Gasteiger partial charge on any atom is 0.125 e. The molecular formula is C15H23FN2S. The van der Waals surface area contributed by atoms with Gasteiger partial charge in [0.1, 0.15) is 5.82 Å². The van der Waals surface area contributed by atoms with Crippen LogP contribution in [0.2, 0.25) is 0 Å². The minimum Gasteiger partial charge on any atom is -0.371 e. The molecular weight excluding hydrogens is 259 g/mol. The number of anilines is 1. The van der Waals surface area contributed by atoms with Crippen molar-refractivity contribution in [2.75, 3.05) is 36.0 Å². The average molecular weight is 282 g/mol. The summed E-state index contributed by atoms with van der Waals surface area (Å²) in [5.74, 6) is 2.24. The second kappa shape index (κ2) is 7.75. The van der Waals surface area contributed by atoms with Crippen LogP contribution in [0.4, 0.5) is 10.1 Å². The highest BCUT2D eigenvalue weighted by atomic mass is 32.2. The summed E-state index contributed by atoms with van der Waals surface area (Å²) in [6.07, 6.45) is 2.29. The van der Waals surface area contributed by atoms with Crippen LogP contribution in [0, 0.1) is 5.82 Å². The largest absolute Gasteiger partial charge is 0.371 e. The molecule has 1 fully saturated rings. The number of hydrogen-bond donors (Lipinski definition) is 1. The summed E-state index contributed by atoms with van der Waals surface area (Å²) in [6, 6.07) is 5.43. The zero-order valence-electron chi connectivity index (χ0n) is 11.6. The number of rotatable bonds is 5. The Morgan fingerprint density at radius 1 is 1.26 bits per heavy atom. The Morgan fingerprint density at radius 2 is 2.16 bits per heavy atom. The zero-order valence-corrected chi connectivity index (χ0v) is 12.4. The SMILES string of the molecule is CCCNCc1cc(F)cc(N2CCCSCC2)c1. The molecule has 19 heavy (non-hydrogen) atoms. The van der Waals surface area contributed by atoms with Crippen LogP contribution in [-0.4, -0.2) is 31.1 Å². The number of nitrogens with zero attached hydrogens (tertiary/aromatic N) is 1. The molecule has 2 nitrogen and oxygen atoms in total. The van der Waals surface area contributed by atoms with E-state index in [9.17, 15) is 4.39 Å². The van der Waals surface area contributed by atoms with Crippen molar-refractivity contribution in [2.45, 2.75) is 26.3 Å². The highest BCUT2D eigenvalue weighted by Crippen LogP contribution is 2.22. The summed E-state index contributed by atoms with van der Waals surface area (Å²) >= 11 is 1.99. The van der Waals surface area contributed by atoms with Gasteiger partial charge < -0.3 is 10.2 Å². The molecule has 106 valence electrons. The van der Waals surface area contributed by atoms with Crippen LogP contribution >= 0.6 is 11.8 Å². The molecule has 1 aliphatic rings. The Hall–Kier alpha value is -0.740. The molecule has 0 unspecified atom stereocenters. The lowest BCUT2D eigenvalue weighted by atomic mass is 10.1. The van der Waals surface area contributed by atoms with Gasteiger partial charge in [0.25, 0.3) is 0 Å². The third kappa shape index (κ3) is 4.69. The van der Waals surface area contributed by atoms with Crippen molar-refractivity contribution in [1.82, 2.24) is 5.32 Å². The molecule has 0 bridgehead atoms. The Morgan fingerprint density at radius 3 is 3.00 bits per heavy atom. The smallest absolute Gasteiger partial charge is 0.125 e. The molecule has 1 aliphatic heterocycles. The molecule has 0 amide bonds. The van der Waals surface area contributed by atoms with Gasteiger partial charge in [0, 0.05) is 31.1 Å². The van der Waals surface area contributed by atoms with Gasteiger partial charge in [0.15, 0.2) is 0 Å². The lowest BCUT2D eigenvalue weighted by Gasteiger charge is -2.23. The summed E-state index contributed by atoms with van der Waals surface area (Å²) in [6.45, 7) is 5.93. The number of benzene rings is 1. The van der Waals surface area contributed by atoms with Gasteiger partial charge in [-0.25, -0.2) is 4.39 Å². The van der Waals surface area contributed by atoms with E-state index in [2.05, 4.69) is 23.2 Å². The van der Waals surface area contributed by atoms with E-state index in [1.165, 1.54) is 12.2 Å². The number of halogens is 1. The van der Waals surface area contributed by atoms with Gasteiger partial charge >= 0.3 is 0 Å². The van der Waals surface area contributed by atoms with Gasteiger partial charge in [-0.2, -0.15) is 11.8 Å². The minimum atomic E-state index is -0.123. The third-order valence-corrected chi connectivity index (χ3v) is 4.33. The first kappa shape index (κ1) is 14.7. The molecule has 1 heterocycles. The van der Waals surface area contributed by atoms with Crippen LogP contribution < -0.4 is 10.2 Å². The monoisotopic (exact) mass is 282 g/mol. The van der Waals surface area contributed by atoms with E-state index in [-0.39, 0.29) is 5.82 Å². The van der Waals surface area contributed by atoms with E-state index >= 15 is 0 Å². The van der Waals surface area contributed by atoms with Crippen molar-refractivity contribution in [2.24, 2.45) is 0 Å². The number of thioether (sulfide) groups is 1. The standard InChI is InChI=1S/C15H23FN2S/c1-2-4-17-12-13-9-14(16)11-15(10-13)18-5-3-7-19-8-6-18/h9-11,17H,2-8,12H2,1H3. The van der Waals surface area contributed by atoms with E-state index < -0.39 is 0 Å². The van der Waals surface area contributed by atoms with Gasteiger partial charge in [0.05, 0.1) is 0 Å². The maximum absolute atomic E-state index is 13.7. The van der Waals surface area contributed by atoms with Crippen LogP contribution in [0.1, 0.15) is 25.3 Å². The van der Waals surface area contributed by atoms with Crippen LogP contribution in [-0.2, 0) is 6.54 Å². The Kier molecular flexibility index (Phi) is 5.98. The van der Waals surface area contributed by atoms with Crippen LogP contribution in [0.15, 0.2) is 18.2 Å². The van der Waals surface area contributed by atoms with Crippen LogP contribution in [0.5, 0.6) is 0 Å². The zero-order chi connectivity index (χ0) is 13.5. The molecule has 0 spiro atoms. The summed E-state index contributed by atoms with van der Waals surface area (Å²) < 4.78 is 13.7. The Labute approximate surface area is 119 Å².